The van der Waals surface area contributed by atoms with Gasteiger partial charge in [0.2, 0.25) is 0 Å². The number of phenols is 1. The number of non-ortho nitro benzene ring substituents is 1. The van der Waals surface area contributed by atoms with E-state index in [9.17, 15) is 15.2 Å². The zero-order chi connectivity index (χ0) is 20.4. The molecule has 3 atom stereocenters. The Morgan fingerprint density at radius 2 is 2.07 bits per heavy atom. The molecule has 0 fully saturated rings. The predicted molar refractivity (Wildman–Crippen MR) is 110 cm³/mol. The van der Waals surface area contributed by atoms with Crippen molar-refractivity contribution in [3.63, 3.8) is 0 Å². The fraction of sp³-hybridized carbons (Fsp3) is 0.364. The van der Waals surface area contributed by atoms with Crippen LogP contribution in [0.4, 0.5) is 11.4 Å². The largest absolute Gasteiger partial charge is 0.508 e. The topological polar surface area (TPSA) is 93.9 Å². The van der Waals surface area contributed by atoms with E-state index in [1.54, 1.807) is 0 Å². The number of aromatic hydroxyl groups is 1. The molecule has 2 aromatic carbocycles. The van der Waals surface area contributed by atoms with Crippen molar-refractivity contribution in [3.05, 3.63) is 69.8 Å². The molecule has 0 bridgehead atoms. The van der Waals surface area contributed by atoms with Crippen molar-refractivity contribution in [2.75, 3.05) is 25.1 Å². The summed E-state index contributed by atoms with van der Waals surface area (Å²) in [5.41, 5.74) is 2.62. The molecule has 0 saturated carbocycles. The maximum Gasteiger partial charge on any atom is 0.270 e. The number of phenolic OH excluding ortho intramolecular Hbond substituents is 1. The van der Waals surface area contributed by atoms with Crippen molar-refractivity contribution in [1.29, 1.82) is 0 Å². The summed E-state index contributed by atoms with van der Waals surface area (Å²) in [6, 6.07) is 9.90. The highest BCUT2D eigenvalue weighted by molar-refractivity contribution is 5.63. The number of nitro benzene ring substituents is 1. The Morgan fingerprint density at radius 1 is 1.21 bits per heavy atom. The summed E-state index contributed by atoms with van der Waals surface area (Å²) in [6.07, 6.45) is 5.14. The van der Waals surface area contributed by atoms with Crippen molar-refractivity contribution in [1.82, 2.24) is 0 Å². The third-order valence-corrected chi connectivity index (χ3v) is 5.59. The molecule has 0 aromatic heterocycles. The third-order valence-electron chi connectivity index (χ3n) is 5.59. The lowest BCUT2D eigenvalue weighted by atomic mass is 9.76. The van der Waals surface area contributed by atoms with Crippen LogP contribution in [0.1, 0.15) is 36.4 Å². The van der Waals surface area contributed by atoms with Gasteiger partial charge in [0.25, 0.3) is 5.69 Å². The fourth-order valence-electron chi connectivity index (χ4n) is 4.24. The Kier molecular flexibility index (Phi) is 5.40. The highest BCUT2D eigenvalue weighted by Crippen LogP contribution is 2.52. The molecule has 0 radical (unpaired) electrons. The van der Waals surface area contributed by atoms with E-state index in [1.165, 1.54) is 18.2 Å². The number of rotatable bonds is 7. The van der Waals surface area contributed by atoms with Gasteiger partial charge in [-0.3, -0.25) is 10.1 Å². The van der Waals surface area contributed by atoms with Crippen LogP contribution in [0.5, 0.6) is 11.5 Å². The van der Waals surface area contributed by atoms with E-state index in [2.05, 4.69) is 17.5 Å². The summed E-state index contributed by atoms with van der Waals surface area (Å²) in [7, 11) is 0. The number of allylic oxidation sites excluding steroid dienone is 2. The van der Waals surface area contributed by atoms with Crippen molar-refractivity contribution in [3.8, 4) is 11.5 Å². The first kappa shape index (κ1) is 19.3. The smallest absolute Gasteiger partial charge is 0.270 e. The van der Waals surface area contributed by atoms with Crippen LogP contribution in [0.2, 0.25) is 0 Å². The van der Waals surface area contributed by atoms with Gasteiger partial charge in [-0.25, -0.2) is 0 Å². The van der Waals surface area contributed by atoms with Gasteiger partial charge in [0.05, 0.1) is 17.6 Å². The molecule has 4 rings (SSSR count). The van der Waals surface area contributed by atoms with Gasteiger partial charge in [-0.05, 0) is 49.1 Å². The molecule has 1 aliphatic heterocycles. The SMILES string of the molecule is CCOCCOc1ccc2c(c1)C1C=CCC1C(c1cc([N+](=O)[O-])ccc1O)N2. The Labute approximate surface area is 169 Å². The quantitative estimate of drug-likeness (QED) is 0.309. The van der Waals surface area contributed by atoms with Crippen LogP contribution in [0.3, 0.4) is 0 Å². The molecule has 0 amide bonds. The van der Waals surface area contributed by atoms with Gasteiger partial charge in [0.15, 0.2) is 0 Å². The number of ether oxygens (including phenoxy) is 2. The standard InChI is InChI=1S/C22H24N2O5/c1-2-28-10-11-29-15-7-8-20-18(13-15)16-4-3-5-17(16)22(23-20)19-12-14(24(26)27)6-9-21(19)25/h3-4,6-9,12-13,16-17,22-23,25H,2,5,10-11H2,1H3. The first-order chi connectivity index (χ1) is 14.1. The molecule has 1 heterocycles. The van der Waals surface area contributed by atoms with Crippen molar-refractivity contribution < 1.29 is 19.5 Å². The van der Waals surface area contributed by atoms with Crippen molar-refractivity contribution >= 4 is 11.4 Å². The Bertz CT molecular complexity index is 943. The number of nitrogens with one attached hydrogen (secondary N) is 1. The molecular weight excluding hydrogens is 372 g/mol. The molecular formula is C22H24N2O5. The zero-order valence-corrected chi connectivity index (χ0v) is 16.2. The van der Waals surface area contributed by atoms with Crippen LogP contribution >= 0.6 is 0 Å². The van der Waals surface area contributed by atoms with E-state index in [0.717, 1.165) is 23.4 Å². The first-order valence-corrected chi connectivity index (χ1v) is 9.83. The minimum atomic E-state index is -0.435. The van der Waals surface area contributed by atoms with Crippen LogP contribution in [0.15, 0.2) is 48.6 Å². The molecule has 2 N–H and O–H groups in total. The highest BCUT2D eigenvalue weighted by Gasteiger charge is 2.39. The van der Waals surface area contributed by atoms with E-state index >= 15 is 0 Å². The van der Waals surface area contributed by atoms with Gasteiger partial charge in [-0.15, -0.1) is 0 Å². The Balaban J connectivity index is 1.63. The van der Waals surface area contributed by atoms with E-state index in [-0.39, 0.29) is 29.3 Å². The molecule has 1 aliphatic carbocycles. The van der Waals surface area contributed by atoms with Crippen LogP contribution in [-0.2, 0) is 4.74 Å². The monoisotopic (exact) mass is 396 g/mol. The molecule has 2 aromatic rings. The van der Waals surface area contributed by atoms with E-state index < -0.39 is 4.92 Å². The van der Waals surface area contributed by atoms with E-state index in [1.807, 2.05) is 25.1 Å². The van der Waals surface area contributed by atoms with Gasteiger partial charge < -0.3 is 19.9 Å². The lowest BCUT2D eigenvalue weighted by Crippen LogP contribution is -2.29. The fourth-order valence-corrected chi connectivity index (χ4v) is 4.24. The average Bonchev–Trinajstić information content (AvgIpc) is 3.21. The van der Waals surface area contributed by atoms with Crippen LogP contribution < -0.4 is 10.1 Å². The summed E-state index contributed by atoms with van der Waals surface area (Å²) >= 11 is 0. The number of hydrogen-bond acceptors (Lipinski definition) is 6. The average molecular weight is 396 g/mol. The Hall–Kier alpha value is -3.06. The second kappa shape index (κ2) is 8.13. The summed E-state index contributed by atoms with van der Waals surface area (Å²) < 4.78 is 11.1. The van der Waals surface area contributed by atoms with Gasteiger partial charge in [-0.1, -0.05) is 12.2 Å². The lowest BCUT2D eigenvalue weighted by Gasteiger charge is -2.37. The number of anilines is 1. The molecule has 0 spiro atoms. The van der Waals surface area contributed by atoms with E-state index in [0.29, 0.717) is 25.4 Å². The molecule has 7 heteroatoms. The zero-order valence-electron chi connectivity index (χ0n) is 16.2. The highest BCUT2D eigenvalue weighted by atomic mass is 16.6. The maximum atomic E-state index is 11.2. The van der Waals surface area contributed by atoms with Gasteiger partial charge >= 0.3 is 0 Å². The number of nitro groups is 1. The minimum Gasteiger partial charge on any atom is -0.508 e. The Morgan fingerprint density at radius 3 is 2.86 bits per heavy atom. The lowest BCUT2D eigenvalue weighted by molar-refractivity contribution is -0.385. The van der Waals surface area contributed by atoms with Gasteiger partial charge in [0.1, 0.15) is 18.1 Å². The first-order valence-electron chi connectivity index (χ1n) is 9.83. The third kappa shape index (κ3) is 3.78. The number of benzene rings is 2. The normalized spacial score (nSPS) is 21.9. The van der Waals surface area contributed by atoms with Crippen molar-refractivity contribution in [2.24, 2.45) is 5.92 Å². The molecule has 2 aliphatic rings. The minimum absolute atomic E-state index is 0.0223. The number of fused-ring (bicyclic) bond motifs is 3. The number of nitrogens with zero attached hydrogens (tertiary/aromatic N) is 1. The molecule has 152 valence electrons. The summed E-state index contributed by atoms with van der Waals surface area (Å²) in [5, 5.41) is 25.1. The maximum absolute atomic E-state index is 11.2. The summed E-state index contributed by atoms with van der Waals surface area (Å²) in [5.74, 6) is 1.18. The van der Waals surface area contributed by atoms with Gasteiger partial charge in [-0.2, -0.15) is 0 Å². The van der Waals surface area contributed by atoms with Crippen molar-refractivity contribution in [2.45, 2.75) is 25.3 Å². The predicted octanol–water partition coefficient (Wildman–Crippen LogP) is 4.54. The summed E-state index contributed by atoms with van der Waals surface area (Å²) in [4.78, 5) is 10.8. The van der Waals surface area contributed by atoms with Crippen LogP contribution in [0, 0.1) is 16.0 Å². The summed E-state index contributed by atoms with van der Waals surface area (Å²) in [6.45, 7) is 3.66. The molecule has 3 unspecified atom stereocenters. The molecule has 29 heavy (non-hydrogen) atoms. The van der Waals surface area contributed by atoms with Crippen LogP contribution in [0.25, 0.3) is 0 Å². The second-order valence-electron chi connectivity index (χ2n) is 7.27. The second-order valence-corrected chi connectivity index (χ2v) is 7.27. The van der Waals surface area contributed by atoms with Crippen LogP contribution in [-0.4, -0.2) is 29.9 Å². The number of hydrogen-bond donors (Lipinski definition) is 2. The molecule has 7 nitrogen and oxygen atoms in total. The van der Waals surface area contributed by atoms with E-state index in [4.69, 9.17) is 9.47 Å². The van der Waals surface area contributed by atoms with Gasteiger partial charge in [0, 0.05) is 35.9 Å². The molecule has 0 saturated heterocycles.